The van der Waals surface area contributed by atoms with Gasteiger partial charge in [0, 0.05) is 17.2 Å². The first kappa shape index (κ1) is 14.5. The minimum atomic E-state index is -0.223. The Labute approximate surface area is 128 Å². The lowest BCUT2D eigenvalue weighted by Gasteiger charge is -2.22. The van der Waals surface area contributed by atoms with E-state index in [0.717, 1.165) is 42.0 Å². The number of hydrogen-bond acceptors (Lipinski definition) is 5. The number of Topliss-reactive ketones (excluding diaryl/α,β-unsaturated/α-hetero) is 1. The van der Waals surface area contributed by atoms with Gasteiger partial charge in [-0.3, -0.25) is 4.79 Å². The zero-order valence-electron chi connectivity index (χ0n) is 11.7. The minimum Gasteiger partial charge on any atom is -0.504 e. The van der Waals surface area contributed by atoms with E-state index in [1.165, 1.54) is 6.07 Å². The van der Waals surface area contributed by atoms with Gasteiger partial charge in [0.1, 0.15) is 0 Å². The normalized spacial score (nSPS) is 25.6. The molecule has 21 heavy (non-hydrogen) atoms. The van der Waals surface area contributed by atoms with E-state index in [2.05, 4.69) is 11.4 Å². The van der Waals surface area contributed by atoms with Crippen molar-refractivity contribution in [3.05, 3.63) is 35.4 Å². The fourth-order valence-corrected chi connectivity index (χ4v) is 3.95. The molecule has 1 fully saturated rings. The third kappa shape index (κ3) is 2.94. The first-order chi connectivity index (χ1) is 10.2. The van der Waals surface area contributed by atoms with Gasteiger partial charge in [-0.2, -0.15) is 11.8 Å². The van der Waals surface area contributed by atoms with E-state index in [1.807, 2.05) is 0 Å². The maximum atomic E-state index is 12.7. The summed E-state index contributed by atoms with van der Waals surface area (Å²) in [6.45, 7) is 0.795. The Bertz CT molecular complexity index is 585. The number of phenols is 2. The molecule has 3 N–H and O–H groups in total. The highest BCUT2D eigenvalue weighted by molar-refractivity contribution is 7.99. The molecule has 0 saturated carbocycles. The fraction of sp³-hybridized carbons (Fsp3) is 0.438. The van der Waals surface area contributed by atoms with Crippen LogP contribution >= 0.6 is 11.8 Å². The number of nitrogens with one attached hydrogen (secondary N) is 1. The van der Waals surface area contributed by atoms with Crippen molar-refractivity contribution in [2.24, 2.45) is 0 Å². The Balaban J connectivity index is 1.83. The van der Waals surface area contributed by atoms with Crippen LogP contribution in [0.25, 0.3) is 0 Å². The predicted molar refractivity (Wildman–Crippen MR) is 84.0 cm³/mol. The van der Waals surface area contributed by atoms with Crippen LogP contribution < -0.4 is 5.32 Å². The highest BCUT2D eigenvalue weighted by Crippen LogP contribution is 2.35. The zero-order chi connectivity index (χ0) is 14.8. The lowest BCUT2D eigenvalue weighted by molar-refractivity contribution is -0.117. The summed E-state index contributed by atoms with van der Waals surface area (Å²) in [5.74, 6) is 1.86. The smallest absolute Gasteiger partial charge is 0.176 e. The van der Waals surface area contributed by atoms with E-state index in [4.69, 9.17) is 0 Å². The van der Waals surface area contributed by atoms with Crippen LogP contribution in [0.3, 0.4) is 0 Å². The quantitative estimate of drug-likeness (QED) is 0.747. The summed E-state index contributed by atoms with van der Waals surface area (Å²) in [4.78, 5) is 12.7. The van der Waals surface area contributed by atoms with Gasteiger partial charge in [-0.25, -0.2) is 0 Å². The number of thioether (sulfide) groups is 1. The van der Waals surface area contributed by atoms with E-state index in [-0.39, 0.29) is 29.2 Å². The maximum absolute atomic E-state index is 12.7. The van der Waals surface area contributed by atoms with Crippen molar-refractivity contribution in [1.82, 2.24) is 5.32 Å². The largest absolute Gasteiger partial charge is 0.504 e. The van der Waals surface area contributed by atoms with Crippen molar-refractivity contribution >= 4 is 17.5 Å². The van der Waals surface area contributed by atoms with Crippen LogP contribution in [0.15, 0.2) is 29.8 Å². The summed E-state index contributed by atoms with van der Waals surface area (Å²) in [5, 5.41) is 22.4. The highest BCUT2D eigenvalue weighted by atomic mass is 32.2. The van der Waals surface area contributed by atoms with Crippen LogP contribution in [0, 0.1) is 0 Å². The monoisotopic (exact) mass is 305 g/mol. The van der Waals surface area contributed by atoms with Gasteiger partial charge in [-0.15, -0.1) is 0 Å². The number of aromatic hydroxyl groups is 2. The second-order valence-corrected chi connectivity index (χ2v) is 6.62. The Morgan fingerprint density at radius 3 is 2.86 bits per heavy atom. The summed E-state index contributed by atoms with van der Waals surface area (Å²) in [7, 11) is 0. The van der Waals surface area contributed by atoms with Crippen LogP contribution in [-0.4, -0.2) is 40.1 Å². The molecule has 1 aromatic rings. The Morgan fingerprint density at radius 2 is 2.14 bits per heavy atom. The molecule has 2 aliphatic rings. The van der Waals surface area contributed by atoms with Crippen LogP contribution in [0.4, 0.5) is 0 Å². The lowest BCUT2D eigenvalue weighted by Crippen LogP contribution is -2.36. The van der Waals surface area contributed by atoms with Gasteiger partial charge in [0.2, 0.25) is 0 Å². The molecule has 1 saturated heterocycles. The molecule has 2 atom stereocenters. The molecule has 0 unspecified atom stereocenters. The van der Waals surface area contributed by atoms with Crippen LogP contribution in [-0.2, 0) is 4.79 Å². The van der Waals surface area contributed by atoms with Crippen molar-refractivity contribution in [3.8, 4) is 11.5 Å². The molecule has 0 bridgehead atoms. The third-order valence-electron chi connectivity index (χ3n) is 4.16. The number of hydrogen-bond donors (Lipinski definition) is 3. The van der Waals surface area contributed by atoms with Gasteiger partial charge >= 0.3 is 0 Å². The van der Waals surface area contributed by atoms with Gasteiger partial charge < -0.3 is 15.5 Å². The molecule has 1 aromatic carbocycles. The van der Waals surface area contributed by atoms with Crippen molar-refractivity contribution in [2.45, 2.75) is 24.8 Å². The van der Waals surface area contributed by atoms with Gasteiger partial charge in [-0.1, -0.05) is 12.1 Å². The van der Waals surface area contributed by atoms with Crippen LogP contribution in [0.1, 0.15) is 24.3 Å². The molecule has 2 heterocycles. The molecular weight excluding hydrogens is 286 g/mol. The Morgan fingerprint density at radius 1 is 1.29 bits per heavy atom. The molecular formula is C16H19NO3S. The van der Waals surface area contributed by atoms with Gasteiger partial charge in [-0.05, 0) is 42.8 Å². The number of benzene rings is 1. The SMILES string of the molecule is O=C(C1=CCCSC1)[C@H]1NCC[C@@H]1c1ccc(O)c(O)c1. The molecule has 0 aliphatic carbocycles. The molecule has 4 nitrogen and oxygen atoms in total. The molecule has 3 rings (SSSR count). The standard InChI is InChI=1S/C16H19NO3S/c18-13-4-3-10(8-14(13)19)12-5-6-17-15(12)16(20)11-2-1-7-21-9-11/h2-4,8,12,15,17-19H,1,5-7,9H2/t12-,15+/m1/s1. The first-order valence-electron chi connectivity index (χ1n) is 7.23. The van der Waals surface area contributed by atoms with E-state index >= 15 is 0 Å². The van der Waals surface area contributed by atoms with Crippen LogP contribution in [0.5, 0.6) is 11.5 Å². The number of rotatable bonds is 3. The minimum absolute atomic E-state index is 0.0526. The summed E-state index contributed by atoms with van der Waals surface area (Å²) in [5.41, 5.74) is 1.82. The molecule has 0 radical (unpaired) electrons. The molecule has 112 valence electrons. The number of ketones is 1. The van der Waals surface area contributed by atoms with E-state index in [0.29, 0.717) is 0 Å². The van der Waals surface area contributed by atoms with E-state index in [9.17, 15) is 15.0 Å². The maximum Gasteiger partial charge on any atom is 0.176 e. The number of carbonyl (C=O) groups is 1. The van der Waals surface area contributed by atoms with E-state index < -0.39 is 0 Å². The summed E-state index contributed by atoms with van der Waals surface area (Å²) >= 11 is 1.80. The lowest BCUT2D eigenvalue weighted by atomic mass is 9.87. The Hall–Kier alpha value is -1.46. The Kier molecular flexibility index (Phi) is 4.22. The van der Waals surface area contributed by atoms with Gasteiger partial charge in [0.05, 0.1) is 6.04 Å². The van der Waals surface area contributed by atoms with Gasteiger partial charge in [0.15, 0.2) is 17.3 Å². The second kappa shape index (κ2) is 6.12. The molecule has 2 aliphatic heterocycles. The van der Waals surface area contributed by atoms with Gasteiger partial charge in [0.25, 0.3) is 0 Å². The highest BCUT2D eigenvalue weighted by Gasteiger charge is 2.35. The number of phenolic OH excluding ortho intramolecular Hbond substituents is 2. The number of carbonyl (C=O) groups excluding carboxylic acids is 1. The average Bonchev–Trinajstić information content (AvgIpc) is 2.99. The van der Waals surface area contributed by atoms with Crippen molar-refractivity contribution in [3.63, 3.8) is 0 Å². The topological polar surface area (TPSA) is 69.6 Å². The summed E-state index contributed by atoms with van der Waals surface area (Å²) in [6.07, 6.45) is 3.88. The zero-order valence-corrected chi connectivity index (χ0v) is 12.5. The summed E-state index contributed by atoms with van der Waals surface area (Å²) < 4.78 is 0. The first-order valence-corrected chi connectivity index (χ1v) is 8.38. The van der Waals surface area contributed by atoms with Crippen molar-refractivity contribution in [1.29, 1.82) is 0 Å². The van der Waals surface area contributed by atoms with E-state index in [1.54, 1.807) is 23.9 Å². The molecule has 5 heteroatoms. The number of allylic oxidation sites excluding steroid dienone is 1. The predicted octanol–water partition coefficient (Wildman–Crippen LogP) is 2.18. The van der Waals surface area contributed by atoms with Crippen molar-refractivity contribution in [2.75, 3.05) is 18.1 Å². The summed E-state index contributed by atoms with van der Waals surface area (Å²) in [6, 6.07) is 4.62. The van der Waals surface area contributed by atoms with Crippen LogP contribution in [0.2, 0.25) is 0 Å². The second-order valence-electron chi connectivity index (χ2n) is 5.51. The molecule has 0 amide bonds. The molecule has 0 aromatic heterocycles. The third-order valence-corrected chi connectivity index (χ3v) is 5.20. The average molecular weight is 305 g/mol. The fourth-order valence-electron chi connectivity index (χ4n) is 3.04. The molecule has 0 spiro atoms. The van der Waals surface area contributed by atoms with Crippen molar-refractivity contribution < 1.29 is 15.0 Å².